The average molecular weight is 365 g/mol. The summed E-state index contributed by atoms with van der Waals surface area (Å²) in [5.74, 6) is -1.05. The van der Waals surface area contributed by atoms with Gasteiger partial charge in [-0.1, -0.05) is 0 Å². The van der Waals surface area contributed by atoms with Crippen molar-refractivity contribution in [2.75, 3.05) is 13.7 Å². The van der Waals surface area contributed by atoms with Crippen LogP contribution in [-0.4, -0.2) is 30.9 Å². The molecule has 1 saturated carbocycles. The molecule has 0 aliphatic heterocycles. The van der Waals surface area contributed by atoms with Crippen molar-refractivity contribution in [3.8, 4) is 0 Å². The number of hydrogen-bond donors (Lipinski definition) is 1. The Labute approximate surface area is 154 Å². The number of methoxy groups -OCH3 is 1. The van der Waals surface area contributed by atoms with E-state index < -0.39 is 11.6 Å². The lowest BCUT2D eigenvalue weighted by Crippen LogP contribution is -2.25. The minimum Gasteiger partial charge on any atom is -0.384 e. The molecule has 1 heterocycles. The van der Waals surface area contributed by atoms with Crippen LogP contribution in [0.4, 0.5) is 8.78 Å². The summed E-state index contributed by atoms with van der Waals surface area (Å²) < 4.78 is 38.6. The molecule has 1 aromatic heterocycles. The highest BCUT2D eigenvalue weighted by molar-refractivity contribution is 5.85. The Kier molecular flexibility index (Phi) is 6.30. The van der Waals surface area contributed by atoms with E-state index in [2.05, 4.69) is 18.8 Å². The molecular formula is C21H29F2NO2. The zero-order valence-corrected chi connectivity index (χ0v) is 15.9. The summed E-state index contributed by atoms with van der Waals surface area (Å²) in [6.45, 7) is 4.74. The SMILES string of the molecule is COCCc1[nH]c2cc(F)c(F)cc2c1CC1CCC(OC(C)C)CC1. The predicted octanol–water partition coefficient (Wildman–Crippen LogP) is 5.16. The third-order valence-corrected chi connectivity index (χ3v) is 5.34. The highest BCUT2D eigenvalue weighted by atomic mass is 19.2. The van der Waals surface area contributed by atoms with Crippen molar-refractivity contribution in [3.05, 3.63) is 35.0 Å². The zero-order chi connectivity index (χ0) is 18.7. The van der Waals surface area contributed by atoms with Gasteiger partial charge in [0, 0.05) is 36.2 Å². The second kappa shape index (κ2) is 8.49. The molecule has 1 fully saturated rings. The van der Waals surface area contributed by atoms with Crippen LogP contribution in [0, 0.1) is 17.6 Å². The number of benzene rings is 1. The lowest BCUT2D eigenvalue weighted by molar-refractivity contribution is -0.0195. The number of halogens is 2. The molecular weight excluding hydrogens is 336 g/mol. The van der Waals surface area contributed by atoms with Crippen LogP contribution < -0.4 is 0 Å². The lowest BCUT2D eigenvalue weighted by atomic mass is 9.82. The van der Waals surface area contributed by atoms with E-state index >= 15 is 0 Å². The van der Waals surface area contributed by atoms with Gasteiger partial charge in [-0.15, -0.1) is 0 Å². The molecule has 0 bridgehead atoms. The smallest absolute Gasteiger partial charge is 0.160 e. The molecule has 0 atom stereocenters. The van der Waals surface area contributed by atoms with Gasteiger partial charge in [0.05, 0.1) is 18.8 Å². The van der Waals surface area contributed by atoms with Gasteiger partial charge in [0.1, 0.15) is 0 Å². The molecule has 0 spiro atoms. The van der Waals surface area contributed by atoms with Crippen LogP contribution in [0.3, 0.4) is 0 Å². The number of rotatable bonds is 7. The molecule has 2 aromatic rings. The van der Waals surface area contributed by atoms with Crippen LogP contribution in [0.1, 0.15) is 50.8 Å². The minimum atomic E-state index is -0.810. The van der Waals surface area contributed by atoms with Crippen LogP contribution >= 0.6 is 0 Å². The standard InChI is InChI=1S/C21H29F2NO2/c1-13(2)26-15-6-4-14(5-7-15)10-16-17-11-18(22)19(23)12-21(17)24-20(16)8-9-25-3/h11-15,24H,4-10H2,1-3H3. The molecule has 3 nitrogen and oxygen atoms in total. The maximum Gasteiger partial charge on any atom is 0.160 e. The molecule has 1 aromatic carbocycles. The van der Waals surface area contributed by atoms with Crippen molar-refractivity contribution >= 4 is 10.9 Å². The maximum absolute atomic E-state index is 13.8. The fourth-order valence-corrected chi connectivity index (χ4v) is 4.10. The molecule has 144 valence electrons. The quantitative estimate of drug-likeness (QED) is 0.735. The molecule has 1 aliphatic carbocycles. The van der Waals surface area contributed by atoms with E-state index in [1.165, 1.54) is 12.1 Å². The van der Waals surface area contributed by atoms with E-state index in [9.17, 15) is 8.78 Å². The predicted molar refractivity (Wildman–Crippen MR) is 99.5 cm³/mol. The normalized spacial score (nSPS) is 21.0. The van der Waals surface area contributed by atoms with E-state index in [1.807, 2.05) is 0 Å². The van der Waals surface area contributed by atoms with Crippen molar-refractivity contribution in [1.29, 1.82) is 0 Å². The van der Waals surface area contributed by atoms with Gasteiger partial charge >= 0.3 is 0 Å². The van der Waals surface area contributed by atoms with Crippen LogP contribution in [0.5, 0.6) is 0 Å². The Balaban J connectivity index is 1.78. The number of aromatic nitrogens is 1. The Bertz CT molecular complexity index is 733. The Morgan fingerprint density at radius 2 is 1.81 bits per heavy atom. The second-order valence-electron chi connectivity index (χ2n) is 7.67. The van der Waals surface area contributed by atoms with E-state index in [1.54, 1.807) is 7.11 Å². The Hall–Kier alpha value is -1.46. The van der Waals surface area contributed by atoms with E-state index in [0.717, 1.165) is 55.2 Å². The van der Waals surface area contributed by atoms with E-state index in [0.29, 0.717) is 24.1 Å². The Morgan fingerprint density at radius 1 is 1.12 bits per heavy atom. The first-order chi connectivity index (χ1) is 12.5. The summed E-state index contributed by atoms with van der Waals surface area (Å²) in [6.07, 6.45) is 6.59. The molecule has 1 aliphatic rings. The topological polar surface area (TPSA) is 34.2 Å². The lowest BCUT2D eigenvalue weighted by Gasteiger charge is -2.30. The van der Waals surface area contributed by atoms with Gasteiger partial charge in [0.15, 0.2) is 11.6 Å². The monoisotopic (exact) mass is 365 g/mol. The summed E-state index contributed by atoms with van der Waals surface area (Å²) >= 11 is 0. The number of aromatic amines is 1. The van der Waals surface area contributed by atoms with E-state index in [4.69, 9.17) is 9.47 Å². The average Bonchev–Trinajstić information content (AvgIpc) is 2.91. The minimum absolute atomic E-state index is 0.267. The second-order valence-corrected chi connectivity index (χ2v) is 7.67. The Morgan fingerprint density at radius 3 is 2.46 bits per heavy atom. The fourth-order valence-electron chi connectivity index (χ4n) is 4.10. The largest absolute Gasteiger partial charge is 0.384 e. The zero-order valence-electron chi connectivity index (χ0n) is 15.9. The third-order valence-electron chi connectivity index (χ3n) is 5.34. The van der Waals surface area contributed by atoms with Crippen molar-refractivity contribution in [3.63, 3.8) is 0 Å². The summed E-state index contributed by atoms with van der Waals surface area (Å²) in [6, 6.07) is 2.60. The summed E-state index contributed by atoms with van der Waals surface area (Å²) in [7, 11) is 1.66. The highest BCUT2D eigenvalue weighted by Crippen LogP contribution is 2.34. The van der Waals surface area contributed by atoms with Crippen LogP contribution in [-0.2, 0) is 22.3 Å². The van der Waals surface area contributed by atoms with Crippen molar-refractivity contribution in [2.24, 2.45) is 5.92 Å². The van der Waals surface area contributed by atoms with Gasteiger partial charge < -0.3 is 14.5 Å². The molecule has 26 heavy (non-hydrogen) atoms. The van der Waals surface area contributed by atoms with Gasteiger partial charge in [-0.25, -0.2) is 8.78 Å². The molecule has 0 radical (unpaired) electrons. The van der Waals surface area contributed by atoms with Gasteiger partial charge in [0.25, 0.3) is 0 Å². The first-order valence-electron chi connectivity index (χ1n) is 9.60. The van der Waals surface area contributed by atoms with Crippen molar-refractivity contribution in [2.45, 2.75) is 64.6 Å². The first kappa shape index (κ1) is 19.3. The summed E-state index contributed by atoms with van der Waals surface area (Å²) in [5.41, 5.74) is 2.82. The molecule has 0 amide bonds. The van der Waals surface area contributed by atoms with Gasteiger partial charge in [-0.3, -0.25) is 0 Å². The van der Waals surface area contributed by atoms with E-state index in [-0.39, 0.29) is 6.10 Å². The molecule has 0 unspecified atom stereocenters. The number of fused-ring (bicyclic) bond motifs is 1. The van der Waals surface area contributed by atoms with Crippen LogP contribution in [0.2, 0.25) is 0 Å². The van der Waals surface area contributed by atoms with Gasteiger partial charge in [-0.2, -0.15) is 0 Å². The number of hydrogen-bond acceptors (Lipinski definition) is 2. The molecule has 0 saturated heterocycles. The fraction of sp³-hybridized carbons (Fsp3) is 0.619. The first-order valence-corrected chi connectivity index (χ1v) is 9.60. The third kappa shape index (κ3) is 4.44. The molecule has 1 N–H and O–H groups in total. The maximum atomic E-state index is 13.8. The number of ether oxygens (including phenoxy) is 2. The van der Waals surface area contributed by atoms with Gasteiger partial charge in [-0.05, 0) is 63.5 Å². The highest BCUT2D eigenvalue weighted by Gasteiger charge is 2.25. The van der Waals surface area contributed by atoms with Crippen molar-refractivity contribution < 1.29 is 18.3 Å². The van der Waals surface area contributed by atoms with Gasteiger partial charge in [0.2, 0.25) is 0 Å². The van der Waals surface area contributed by atoms with Crippen LogP contribution in [0.15, 0.2) is 12.1 Å². The molecule has 3 rings (SSSR count). The summed E-state index contributed by atoms with van der Waals surface area (Å²) in [5, 5.41) is 0.801. The summed E-state index contributed by atoms with van der Waals surface area (Å²) in [4.78, 5) is 3.28. The number of H-pyrrole nitrogens is 1. The number of nitrogens with one attached hydrogen (secondary N) is 1. The molecule has 5 heteroatoms. The van der Waals surface area contributed by atoms with Crippen molar-refractivity contribution in [1.82, 2.24) is 4.98 Å². The van der Waals surface area contributed by atoms with Crippen LogP contribution in [0.25, 0.3) is 10.9 Å².